The lowest BCUT2D eigenvalue weighted by atomic mass is 9.82. The number of ketones is 1. The molecule has 0 saturated carbocycles. The quantitative estimate of drug-likeness (QED) is 0.830. The van der Waals surface area contributed by atoms with Gasteiger partial charge in [0.1, 0.15) is 23.0 Å². The molecule has 28 heavy (non-hydrogen) atoms. The number of Topliss-reactive ketones (excluding diaryl/α,β-unsaturated/α-hetero) is 1. The number of ether oxygens (including phenoxy) is 6. The van der Waals surface area contributed by atoms with Crippen LogP contribution in [-0.4, -0.2) is 51.4 Å². The minimum absolute atomic E-state index is 0.233. The predicted molar refractivity (Wildman–Crippen MR) is 96.0 cm³/mol. The van der Waals surface area contributed by atoms with Crippen molar-refractivity contribution in [1.29, 1.82) is 0 Å². The Kier molecular flexibility index (Phi) is 4.22. The fraction of sp³-hybridized carbons (Fsp3) is 0.350. The second kappa shape index (κ2) is 6.37. The third kappa shape index (κ3) is 2.19. The zero-order valence-electron chi connectivity index (χ0n) is 15.8. The number of benzene rings is 2. The Morgan fingerprint density at radius 2 is 1.61 bits per heavy atom. The molecule has 0 fully saturated rings. The molecule has 0 aliphatic carbocycles. The van der Waals surface area contributed by atoms with Crippen LogP contribution in [0.15, 0.2) is 36.4 Å². The molecule has 2 aromatic rings. The smallest absolute Gasteiger partial charge is 0.315 e. The van der Waals surface area contributed by atoms with Crippen LogP contribution in [0.1, 0.15) is 15.9 Å². The SMILES string of the molecule is COc1ccc2c(c1)O[C@](OC)([C@@]1(O)c3ccc(OC)cc3O[C@@H]1OC)C2=O. The summed E-state index contributed by atoms with van der Waals surface area (Å²) in [5.41, 5.74) is -1.54. The van der Waals surface area contributed by atoms with Crippen LogP contribution in [0.25, 0.3) is 0 Å². The van der Waals surface area contributed by atoms with E-state index in [1.54, 1.807) is 36.4 Å². The third-order valence-electron chi connectivity index (χ3n) is 5.16. The fourth-order valence-electron chi connectivity index (χ4n) is 3.74. The summed E-state index contributed by atoms with van der Waals surface area (Å²) in [6, 6.07) is 9.58. The highest BCUT2D eigenvalue weighted by Crippen LogP contribution is 2.54. The average Bonchev–Trinajstić information content (AvgIpc) is 3.19. The van der Waals surface area contributed by atoms with E-state index < -0.39 is 23.5 Å². The van der Waals surface area contributed by atoms with Crippen LogP contribution in [0.5, 0.6) is 23.0 Å². The predicted octanol–water partition coefficient (Wildman–Crippen LogP) is 1.87. The van der Waals surface area contributed by atoms with Gasteiger partial charge < -0.3 is 33.5 Å². The molecular formula is C20H20O8. The Labute approximate surface area is 161 Å². The summed E-state index contributed by atoms with van der Waals surface area (Å²) < 4.78 is 33.0. The Morgan fingerprint density at radius 3 is 2.21 bits per heavy atom. The first kappa shape index (κ1) is 18.5. The lowest BCUT2D eigenvalue weighted by Gasteiger charge is -2.40. The Bertz CT molecular complexity index is 942. The van der Waals surface area contributed by atoms with E-state index in [4.69, 9.17) is 28.4 Å². The molecule has 1 N–H and O–H groups in total. The third-order valence-corrected chi connectivity index (χ3v) is 5.16. The van der Waals surface area contributed by atoms with Crippen LogP contribution in [0.3, 0.4) is 0 Å². The van der Waals surface area contributed by atoms with Gasteiger partial charge in [-0.25, -0.2) is 0 Å². The van der Waals surface area contributed by atoms with Crippen LogP contribution in [0.2, 0.25) is 0 Å². The molecule has 148 valence electrons. The second-order valence-electron chi connectivity index (χ2n) is 6.43. The first-order valence-corrected chi connectivity index (χ1v) is 8.52. The first-order chi connectivity index (χ1) is 13.4. The Hall–Kier alpha value is -2.81. The molecule has 4 rings (SSSR count). The van der Waals surface area contributed by atoms with Gasteiger partial charge in [0.25, 0.3) is 0 Å². The van der Waals surface area contributed by atoms with Gasteiger partial charge in [-0.1, -0.05) is 0 Å². The second-order valence-corrected chi connectivity index (χ2v) is 6.43. The Balaban J connectivity index is 1.89. The van der Waals surface area contributed by atoms with Crippen molar-refractivity contribution in [2.75, 3.05) is 28.4 Å². The molecule has 3 atom stereocenters. The number of hydrogen-bond acceptors (Lipinski definition) is 8. The van der Waals surface area contributed by atoms with Crippen molar-refractivity contribution in [3.05, 3.63) is 47.5 Å². The minimum atomic E-state index is -2.11. The van der Waals surface area contributed by atoms with Gasteiger partial charge in [0, 0.05) is 31.9 Å². The number of rotatable bonds is 5. The van der Waals surface area contributed by atoms with Crippen LogP contribution in [0.4, 0.5) is 0 Å². The van der Waals surface area contributed by atoms with Gasteiger partial charge >= 0.3 is 5.79 Å². The van der Waals surface area contributed by atoms with Crippen molar-refractivity contribution in [1.82, 2.24) is 0 Å². The number of fused-ring (bicyclic) bond motifs is 2. The van der Waals surface area contributed by atoms with E-state index in [0.717, 1.165) is 0 Å². The normalized spacial score (nSPS) is 27.6. The maximum absolute atomic E-state index is 13.3. The molecular weight excluding hydrogens is 368 g/mol. The highest BCUT2D eigenvalue weighted by molar-refractivity contribution is 6.07. The van der Waals surface area contributed by atoms with Crippen molar-refractivity contribution in [3.63, 3.8) is 0 Å². The number of carbonyl (C=O) groups excluding carboxylic acids is 1. The van der Waals surface area contributed by atoms with E-state index in [2.05, 4.69) is 0 Å². The lowest BCUT2D eigenvalue weighted by molar-refractivity contribution is -0.296. The number of aliphatic hydroxyl groups is 1. The maximum Gasteiger partial charge on any atom is 0.315 e. The molecule has 0 aromatic heterocycles. The summed E-state index contributed by atoms with van der Waals surface area (Å²) in [5, 5.41) is 11.8. The number of hydrogen-bond donors (Lipinski definition) is 1. The molecule has 8 nitrogen and oxygen atoms in total. The number of carbonyl (C=O) groups is 1. The van der Waals surface area contributed by atoms with Gasteiger partial charge in [0.2, 0.25) is 17.7 Å². The van der Waals surface area contributed by atoms with Crippen molar-refractivity contribution in [3.8, 4) is 23.0 Å². The molecule has 8 heteroatoms. The molecule has 2 aromatic carbocycles. The largest absolute Gasteiger partial charge is 0.497 e. The summed E-state index contributed by atoms with van der Waals surface area (Å²) in [5.74, 6) is -1.10. The average molecular weight is 388 g/mol. The molecule has 2 aliphatic rings. The monoisotopic (exact) mass is 388 g/mol. The van der Waals surface area contributed by atoms with Gasteiger partial charge in [-0.2, -0.15) is 0 Å². The Morgan fingerprint density at radius 1 is 0.964 bits per heavy atom. The van der Waals surface area contributed by atoms with E-state index >= 15 is 0 Å². The van der Waals surface area contributed by atoms with Crippen LogP contribution in [0, 0.1) is 0 Å². The van der Waals surface area contributed by atoms with E-state index in [1.165, 1.54) is 28.4 Å². The zero-order valence-corrected chi connectivity index (χ0v) is 15.8. The standard InChI is InChI=1S/C20H20O8/c1-23-11-5-7-13-15(9-11)28-20(26-4,17(13)21)19(22)14-8-6-12(24-2)10-16(14)27-18(19)25-3/h5-10,18,22H,1-4H3/t18-,19+,20-/m0/s1. The molecule has 0 radical (unpaired) electrons. The molecule has 0 spiro atoms. The lowest BCUT2D eigenvalue weighted by Crippen LogP contribution is -2.64. The van der Waals surface area contributed by atoms with Gasteiger partial charge in [0.15, 0.2) is 0 Å². The highest BCUT2D eigenvalue weighted by atomic mass is 16.7. The van der Waals surface area contributed by atoms with Gasteiger partial charge in [0.05, 0.1) is 19.8 Å². The van der Waals surface area contributed by atoms with Gasteiger partial charge in [-0.05, 0) is 24.3 Å². The van der Waals surface area contributed by atoms with Crippen molar-refractivity contribution < 1.29 is 38.3 Å². The zero-order chi connectivity index (χ0) is 20.1. The summed E-state index contributed by atoms with van der Waals surface area (Å²) in [6.45, 7) is 0. The van der Waals surface area contributed by atoms with E-state index in [9.17, 15) is 9.90 Å². The first-order valence-electron chi connectivity index (χ1n) is 8.52. The molecule has 0 unspecified atom stereocenters. The van der Waals surface area contributed by atoms with Crippen LogP contribution in [-0.2, 0) is 15.1 Å². The van der Waals surface area contributed by atoms with E-state index in [0.29, 0.717) is 17.2 Å². The van der Waals surface area contributed by atoms with Crippen LogP contribution >= 0.6 is 0 Å². The van der Waals surface area contributed by atoms with Gasteiger partial charge in [-0.15, -0.1) is 0 Å². The molecule has 0 amide bonds. The number of methoxy groups -OCH3 is 4. The molecule has 2 heterocycles. The molecule has 0 saturated heterocycles. The minimum Gasteiger partial charge on any atom is -0.497 e. The maximum atomic E-state index is 13.3. The van der Waals surface area contributed by atoms with Crippen molar-refractivity contribution >= 4 is 5.78 Å². The van der Waals surface area contributed by atoms with Crippen LogP contribution < -0.4 is 18.9 Å². The summed E-state index contributed by atoms with van der Waals surface area (Å²) >= 11 is 0. The topological polar surface area (TPSA) is 92.7 Å². The molecule has 2 aliphatic heterocycles. The van der Waals surface area contributed by atoms with Crippen molar-refractivity contribution in [2.24, 2.45) is 0 Å². The van der Waals surface area contributed by atoms with E-state index in [1.807, 2.05) is 0 Å². The summed E-state index contributed by atoms with van der Waals surface area (Å²) in [7, 11) is 5.66. The van der Waals surface area contributed by atoms with Gasteiger partial charge in [-0.3, -0.25) is 4.79 Å². The fourth-order valence-corrected chi connectivity index (χ4v) is 3.74. The summed E-state index contributed by atoms with van der Waals surface area (Å²) in [4.78, 5) is 13.3. The highest BCUT2D eigenvalue weighted by Gasteiger charge is 2.71. The van der Waals surface area contributed by atoms with Crippen molar-refractivity contribution in [2.45, 2.75) is 17.7 Å². The van der Waals surface area contributed by atoms with E-state index in [-0.39, 0.29) is 16.9 Å². The molecule has 0 bridgehead atoms. The summed E-state index contributed by atoms with van der Waals surface area (Å²) in [6.07, 6.45) is -1.25.